The van der Waals surface area contributed by atoms with Crippen molar-refractivity contribution in [2.24, 2.45) is 5.41 Å². The fraction of sp³-hybridized carbons (Fsp3) is 0.625. The summed E-state index contributed by atoms with van der Waals surface area (Å²) in [6.45, 7) is 5.50. The van der Waals surface area contributed by atoms with Gasteiger partial charge in [-0.25, -0.2) is 4.68 Å². The molecule has 0 aromatic carbocycles. The summed E-state index contributed by atoms with van der Waals surface area (Å²) in [5.41, 5.74) is 0.546. The summed E-state index contributed by atoms with van der Waals surface area (Å²) in [6.07, 6.45) is 1.84. The van der Waals surface area contributed by atoms with Crippen molar-refractivity contribution in [1.82, 2.24) is 15.0 Å². The number of nitrogens with zero attached hydrogens (tertiary/aromatic N) is 3. The average Bonchev–Trinajstić information content (AvgIpc) is 3.22. The number of aromatic nitrogens is 3. The third-order valence-electron chi connectivity index (χ3n) is 3.73. The van der Waals surface area contributed by atoms with E-state index in [0.29, 0.717) is 46.2 Å². The van der Waals surface area contributed by atoms with Crippen LogP contribution in [-0.4, -0.2) is 59.7 Å². The molecule has 25 heavy (non-hydrogen) atoms. The molecule has 0 bridgehead atoms. The predicted molar refractivity (Wildman–Crippen MR) is 91.0 cm³/mol. The Bertz CT molecular complexity index is 637. The molecule has 3 heterocycles. The molecule has 2 aromatic rings. The molecule has 0 saturated heterocycles. The first-order valence-electron chi connectivity index (χ1n) is 8.16. The minimum Gasteiger partial charge on any atom is -0.488 e. The van der Waals surface area contributed by atoms with Gasteiger partial charge in [0.05, 0.1) is 64.4 Å². The normalized spacial score (nSPS) is 15.9. The minimum atomic E-state index is -0.217. The number of thiophene rings is 1. The van der Waals surface area contributed by atoms with Crippen molar-refractivity contribution in [1.29, 1.82) is 0 Å². The van der Waals surface area contributed by atoms with Gasteiger partial charge in [-0.3, -0.25) is 0 Å². The van der Waals surface area contributed by atoms with Gasteiger partial charge in [-0.05, 0) is 0 Å². The standard InChI is InChI=1S/C16H23N3O5S/c1-16(11-23-14-8-25-9-15(14)24-12-16)10-22-7-13-6-19(18-17-13)2-4-21-5-3-20/h6,8-9,20H,2-5,7,10-12H2,1H3. The van der Waals surface area contributed by atoms with Gasteiger partial charge in [0.1, 0.15) is 5.69 Å². The van der Waals surface area contributed by atoms with Gasteiger partial charge in [-0.15, -0.1) is 16.4 Å². The summed E-state index contributed by atoms with van der Waals surface area (Å²) < 4.78 is 24.4. The fourth-order valence-electron chi connectivity index (χ4n) is 2.35. The van der Waals surface area contributed by atoms with Gasteiger partial charge in [0.15, 0.2) is 11.5 Å². The van der Waals surface area contributed by atoms with Crippen LogP contribution in [0.4, 0.5) is 0 Å². The Morgan fingerprint density at radius 3 is 2.72 bits per heavy atom. The summed E-state index contributed by atoms with van der Waals surface area (Å²) in [7, 11) is 0. The summed E-state index contributed by atoms with van der Waals surface area (Å²) >= 11 is 1.57. The SMILES string of the molecule is CC1(COCc2cn(CCOCCO)nn2)COc2cscc2OC1. The van der Waals surface area contributed by atoms with E-state index < -0.39 is 0 Å². The average molecular weight is 369 g/mol. The number of aliphatic hydroxyl groups excluding tert-OH is 1. The summed E-state index contributed by atoms with van der Waals surface area (Å²) in [6, 6.07) is 0. The van der Waals surface area contributed by atoms with Crippen molar-refractivity contribution in [2.75, 3.05) is 39.6 Å². The van der Waals surface area contributed by atoms with Crippen molar-refractivity contribution < 1.29 is 24.1 Å². The molecule has 1 aliphatic heterocycles. The molecule has 8 nitrogen and oxygen atoms in total. The second-order valence-electron chi connectivity index (χ2n) is 6.29. The van der Waals surface area contributed by atoms with Crippen LogP contribution >= 0.6 is 11.3 Å². The number of fused-ring (bicyclic) bond motifs is 1. The van der Waals surface area contributed by atoms with Gasteiger partial charge in [0.25, 0.3) is 0 Å². The lowest BCUT2D eigenvalue weighted by Gasteiger charge is -2.25. The van der Waals surface area contributed by atoms with Crippen molar-refractivity contribution in [3.8, 4) is 11.5 Å². The maximum atomic E-state index is 8.66. The molecular weight excluding hydrogens is 346 g/mol. The molecule has 0 saturated carbocycles. The highest BCUT2D eigenvalue weighted by Crippen LogP contribution is 2.36. The third kappa shape index (κ3) is 5.15. The Morgan fingerprint density at radius 2 is 2.00 bits per heavy atom. The van der Waals surface area contributed by atoms with Gasteiger partial charge in [0.2, 0.25) is 0 Å². The Kier molecular flexibility index (Phi) is 6.24. The Labute approximate surface area is 150 Å². The molecule has 0 atom stereocenters. The molecule has 2 aromatic heterocycles. The Morgan fingerprint density at radius 1 is 1.24 bits per heavy atom. The smallest absolute Gasteiger partial charge is 0.171 e. The predicted octanol–water partition coefficient (Wildman–Crippen LogP) is 1.34. The third-order valence-corrected chi connectivity index (χ3v) is 4.43. The Balaban J connectivity index is 1.40. The van der Waals surface area contributed by atoms with Crippen LogP contribution in [0, 0.1) is 5.41 Å². The topological polar surface area (TPSA) is 87.9 Å². The molecule has 9 heteroatoms. The van der Waals surface area contributed by atoms with E-state index in [9.17, 15) is 0 Å². The van der Waals surface area contributed by atoms with Crippen molar-refractivity contribution >= 4 is 11.3 Å². The van der Waals surface area contributed by atoms with Crippen molar-refractivity contribution in [3.05, 3.63) is 22.7 Å². The molecule has 1 aliphatic rings. The van der Waals surface area contributed by atoms with Gasteiger partial charge in [-0.1, -0.05) is 12.1 Å². The zero-order valence-corrected chi connectivity index (χ0v) is 15.0. The van der Waals surface area contributed by atoms with E-state index in [1.165, 1.54) is 0 Å². The van der Waals surface area contributed by atoms with Crippen LogP contribution in [0.15, 0.2) is 17.0 Å². The first-order valence-corrected chi connectivity index (χ1v) is 9.10. The summed E-state index contributed by atoms with van der Waals surface area (Å²) in [5, 5.41) is 20.7. The molecule has 0 aliphatic carbocycles. The van der Waals surface area contributed by atoms with Gasteiger partial charge < -0.3 is 24.1 Å². The van der Waals surface area contributed by atoms with Gasteiger partial charge in [-0.2, -0.15) is 0 Å². The van der Waals surface area contributed by atoms with Crippen LogP contribution < -0.4 is 9.47 Å². The zero-order valence-electron chi connectivity index (χ0n) is 14.2. The molecule has 0 amide bonds. The van der Waals surface area contributed by atoms with E-state index in [1.807, 2.05) is 17.0 Å². The van der Waals surface area contributed by atoms with Crippen LogP contribution in [0.25, 0.3) is 0 Å². The van der Waals surface area contributed by atoms with E-state index in [4.69, 9.17) is 24.1 Å². The molecule has 138 valence electrons. The first kappa shape index (κ1) is 18.1. The van der Waals surface area contributed by atoms with Gasteiger partial charge >= 0.3 is 0 Å². The second kappa shape index (κ2) is 8.61. The molecule has 3 rings (SSSR count). The first-order chi connectivity index (χ1) is 12.2. The number of aliphatic hydroxyl groups is 1. The molecular formula is C16H23N3O5S. The van der Waals surface area contributed by atoms with E-state index in [-0.39, 0.29) is 12.0 Å². The van der Waals surface area contributed by atoms with Crippen LogP contribution in [-0.2, 0) is 22.6 Å². The van der Waals surface area contributed by atoms with E-state index in [1.54, 1.807) is 16.0 Å². The van der Waals surface area contributed by atoms with Crippen LogP contribution in [0.3, 0.4) is 0 Å². The molecule has 0 fully saturated rings. The Hall–Kier alpha value is -1.68. The zero-order chi connectivity index (χ0) is 17.5. The van der Waals surface area contributed by atoms with Crippen molar-refractivity contribution in [3.63, 3.8) is 0 Å². The van der Waals surface area contributed by atoms with Crippen LogP contribution in [0.2, 0.25) is 0 Å². The number of hydrogen-bond donors (Lipinski definition) is 1. The van der Waals surface area contributed by atoms with Gasteiger partial charge in [0, 0.05) is 10.8 Å². The fourth-order valence-corrected chi connectivity index (χ4v) is 3.04. The molecule has 0 radical (unpaired) electrons. The number of rotatable bonds is 9. The maximum absolute atomic E-state index is 8.66. The van der Waals surface area contributed by atoms with Crippen molar-refractivity contribution in [2.45, 2.75) is 20.1 Å². The highest BCUT2D eigenvalue weighted by atomic mass is 32.1. The number of hydrogen-bond acceptors (Lipinski definition) is 8. The van der Waals surface area contributed by atoms with Crippen LogP contribution in [0.5, 0.6) is 11.5 Å². The maximum Gasteiger partial charge on any atom is 0.171 e. The quantitative estimate of drug-likeness (QED) is 0.667. The largest absolute Gasteiger partial charge is 0.488 e. The monoisotopic (exact) mass is 369 g/mol. The van der Waals surface area contributed by atoms with E-state index in [0.717, 1.165) is 17.2 Å². The lowest BCUT2D eigenvalue weighted by Crippen LogP contribution is -2.35. The van der Waals surface area contributed by atoms with E-state index >= 15 is 0 Å². The summed E-state index contributed by atoms with van der Waals surface area (Å²) in [4.78, 5) is 0. The van der Waals surface area contributed by atoms with Crippen LogP contribution in [0.1, 0.15) is 12.6 Å². The highest BCUT2D eigenvalue weighted by molar-refractivity contribution is 7.08. The molecule has 0 unspecified atom stereocenters. The highest BCUT2D eigenvalue weighted by Gasteiger charge is 2.31. The molecule has 1 N–H and O–H groups in total. The second-order valence-corrected chi connectivity index (χ2v) is 7.03. The lowest BCUT2D eigenvalue weighted by atomic mass is 9.94. The lowest BCUT2D eigenvalue weighted by molar-refractivity contribution is -0.00152. The molecule has 0 spiro atoms. The number of ether oxygens (including phenoxy) is 4. The van der Waals surface area contributed by atoms with E-state index in [2.05, 4.69) is 17.2 Å². The summed E-state index contributed by atoms with van der Waals surface area (Å²) in [5.74, 6) is 1.61. The minimum absolute atomic E-state index is 0.0239.